The first-order valence-corrected chi connectivity index (χ1v) is 8.05. The number of benzene rings is 1. The molecule has 0 aliphatic rings. The minimum Gasteiger partial charge on any atom is -0.360 e. The number of aryl methyl sites for hydroxylation is 1. The molecule has 0 bridgehead atoms. The molecule has 0 aliphatic carbocycles. The lowest BCUT2D eigenvalue weighted by Gasteiger charge is -2.06. The van der Waals surface area contributed by atoms with E-state index in [1.807, 2.05) is 38.1 Å². The number of nitrogens with one attached hydrogen (secondary N) is 2. The summed E-state index contributed by atoms with van der Waals surface area (Å²) in [5.74, 6) is 0.291. The van der Waals surface area contributed by atoms with E-state index in [2.05, 4.69) is 20.8 Å². The molecule has 20 heavy (non-hydrogen) atoms. The van der Waals surface area contributed by atoms with Gasteiger partial charge in [0, 0.05) is 12.2 Å². The zero-order chi connectivity index (χ0) is 14.4. The van der Waals surface area contributed by atoms with Crippen LogP contribution in [0.5, 0.6) is 0 Å². The van der Waals surface area contributed by atoms with Crippen LogP contribution in [-0.2, 0) is 4.79 Å². The van der Waals surface area contributed by atoms with Crippen LogP contribution in [0, 0.1) is 6.92 Å². The maximum Gasteiger partial charge on any atom is 0.234 e. The van der Waals surface area contributed by atoms with Crippen LogP contribution in [-0.4, -0.2) is 28.4 Å². The molecule has 1 amide bonds. The summed E-state index contributed by atoms with van der Waals surface area (Å²) < 4.78 is 0.792. The Morgan fingerprint density at radius 1 is 1.35 bits per heavy atom. The Balaban J connectivity index is 1.84. The number of rotatable bonds is 6. The van der Waals surface area contributed by atoms with Gasteiger partial charge in [-0.2, -0.15) is 0 Å². The van der Waals surface area contributed by atoms with Gasteiger partial charge < -0.3 is 10.6 Å². The Kier molecular flexibility index (Phi) is 5.37. The van der Waals surface area contributed by atoms with Crippen molar-refractivity contribution in [1.82, 2.24) is 10.2 Å². The zero-order valence-electron chi connectivity index (χ0n) is 11.3. The topological polar surface area (TPSA) is 66.9 Å². The van der Waals surface area contributed by atoms with Gasteiger partial charge in [0.25, 0.3) is 0 Å². The molecule has 2 N–H and O–H groups in total. The van der Waals surface area contributed by atoms with Crippen LogP contribution in [0.2, 0.25) is 0 Å². The summed E-state index contributed by atoms with van der Waals surface area (Å²) in [6.45, 7) is 4.78. The summed E-state index contributed by atoms with van der Waals surface area (Å²) in [7, 11) is 0. The molecule has 1 aromatic heterocycles. The van der Waals surface area contributed by atoms with Gasteiger partial charge in [-0.15, -0.1) is 10.2 Å². The number of hydrogen-bond acceptors (Lipinski definition) is 6. The number of amides is 1. The third kappa shape index (κ3) is 4.21. The van der Waals surface area contributed by atoms with Gasteiger partial charge in [0.1, 0.15) is 0 Å². The highest BCUT2D eigenvalue weighted by molar-refractivity contribution is 8.01. The fraction of sp³-hybridized carbons (Fsp3) is 0.308. The molecule has 106 valence electrons. The van der Waals surface area contributed by atoms with Crippen LogP contribution in [0.4, 0.5) is 10.8 Å². The van der Waals surface area contributed by atoms with Gasteiger partial charge in [-0.25, -0.2) is 0 Å². The van der Waals surface area contributed by atoms with Crippen LogP contribution in [0.15, 0.2) is 28.6 Å². The predicted octanol–water partition coefficient (Wildman–Crippen LogP) is 3.01. The Bertz CT molecular complexity index is 585. The van der Waals surface area contributed by atoms with Crippen LogP contribution in [0.1, 0.15) is 12.5 Å². The van der Waals surface area contributed by atoms with E-state index in [1.165, 1.54) is 23.1 Å². The lowest BCUT2D eigenvalue weighted by Crippen LogP contribution is -2.14. The standard InChI is InChI=1S/C13H16N4OS2/c1-3-14-12-16-17-13(20-12)19-8-11(18)15-10-7-5-4-6-9(10)2/h4-7H,3,8H2,1-2H3,(H,14,16)(H,15,18). The van der Waals surface area contributed by atoms with Crippen LogP contribution in [0.3, 0.4) is 0 Å². The minimum absolute atomic E-state index is 0.0375. The minimum atomic E-state index is -0.0375. The third-order valence-corrected chi connectivity index (χ3v) is 4.49. The van der Waals surface area contributed by atoms with Crippen molar-refractivity contribution in [1.29, 1.82) is 0 Å². The molecule has 0 atom stereocenters. The maximum absolute atomic E-state index is 11.9. The number of aromatic nitrogens is 2. The van der Waals surface area contributed by atoms with Gasteiger partial charge >= 0.3 is 0 Å². The highest BCUT2D eigenvalue weighted by Gasteiger charge is 2.08. The van der Waals surface area contributed by atoms with Gasteiger partial charge in [0.05, 0.1) is 5.75 Å². The fourth-order valence-corrected chi connectivity index (χ4v) is 3.14. The average molecular weight is 308 g/mol. The van der Waals surface area contributed by atoms with Gasteiger partial charge in [0.2, 0.25) is 11.0 Å². The number of carbonyl (C=O) groups is 1. The van der Waals surface area contributed by atoms with Gasteiger partial charge in [-0.05, 0) is 25.5 Å². The third-order valence-electron chi connectivity index (χ3n) is 2.48. The van der Waals surface area contributed by atoms with E-state index in [1.54, 1.807) is 0 Å². The summed E-state index contributed by atoms with van der Waals surface area (Å²) in [5, 5.41) is 14.8. The van der Waals surface area contributed by atoms with Gasteiger partial charge in [-0.3, -0.25) is 4.79 Å². The largest absolute Gasteiger partial charge is 0.360 e. The number of nitrogens with zero attached hydrogens (tertiary/aromatic N) is 2. The highest BCUT2D eigenvalue weighted by Crippen LogP contribution is 2.25. The normalized spacial score (nSPS) is 10.3. The molecule has 0 aliphatic heterocycles. The second-order valence-electron chi connectivity index (χ2n) is 4.06. The number of carbonyl (C=O) groups excluding carboxylic acids is 1. The molecule has 0 saturated heterocycles. The van der Waals surface area contributed by atoms with E-state index in [0.29, 0.717) is 5.75 Å². The molecule has 1 aromatic carbocycles. The maximum atomic E-state index is 11.9. The number of para-hydroxylation sites is 1. The molecule has 2 aromatic rings. The highest BCUT2D eigenvalue weighted by atomic mass is 32.2. The van der Waals surface area contributed by atoms with Crippen molar-refractivity contribution >= 4 is 39.8 Å². The van der Waals surface area contributed by atoms with E-state index in [4.69, 9.17) is 0 Å². The van der Waals surface area contributed by atoms with E-state index >= 15 is 0 Å². The average Bonchev–Trinajstić information content (AvgIpc) is 2.87. The van der Waals surface area contributed by atoms with E-state index in [9.17, 15) is 4.79 Å². The van der Waals surface area contributed by atoms with E-state index < -0.39 is 0 Å². The van der Waals surface area contributed by atoms with Crippen molar-refractivity contribution in [3.05, 3.63) is 29.8 Å². The summed E-state index contributed by atoms with van der Waals surface area (Å²) >= 11 is 2.85. The summed E-state index contributed by atoms with van der Waals surface area (Å²) in [5.41, 5.74) is 1.90. The van der Waals surface area contributed by atoms with Crippen molar-refractivity contribution in [2.24, 2.45) is 0 Å². The molecule has 0 unspecified atom stereocenters. The molecular weight excluding hydrogens is 292 g/mol. The Hall–Kier alpha value is -1.60. The first kappa shape index (κ1) is 14.8. The van der Waals surface area contributed by atoms with Crippen LogP contribution in [0.25, 0.3) is 0 Å². The molecule has 1 heterocycles. The van der Waals surface area contributed by atoms with Crippen molar-refractivity contribution < 1.29 is 4.79 Å². The summed E-state index contributed by atoms with van der Waals surface area (Å²) in [6.07, 6.45) is 0. The lowest BCUT2D eigenvalue weighted by molar-refractivity contribution is -0.113. The molecule has 0 saturated carbocycles. The Labute approximate surface area is 126 Å². The van der Waals surface area contributed by atoms with Crippen LogP contribution < -0.4 is 10.6 Å². The number of anilines is 2. The smallest absolute Gasteiger partial charge is 0.234 e. The first-order chi connectivity index (χ1) is 9.69. The zero-order valence-corrected chi connectivity index (χ0v) is 13.0. The molecule has 0 spiro atoms. The molecular formula is C13H16N4OS2. The Morgan fingerprint density at radius 3 is 2.90 bits per heavy atom. The molecule has 0 fully saturated rings. The van der Waals surface area contributed by atoms with Crippen molar-refractivity contribution in [2.45, 2.75) is 18.2 Å². The van der Waals surface area contributed by atoms with E-state index in [-0.39, 0.29) is 5.91 Å². The van der Waals surface area contributed by atoms with Gasteiger partial charge in [0.15, 0.2) is 4.34 Å². The second-order valence-corrected chi connectivity index (χ2v) is 6.26. The SMILES string of the molecule is CCNc1nnc(SCC(=O)Nc2ccccc2C)s1. The van der Waals surface area contributed by atoms with Crippen LogP contribution >= 0.6 is 23.1 Å². The van der Waals surface area contributed by atoms with Crippen molar-refractivity contribution in [3.63, 3.8) is 0 Å². The van der Waals surface area contributed by atoms with Gasteiger partial charge in [-0.1, -0.05) is 41.3 Å². The fourth-order valence-electron chi connectivity index (χ4n) is 1.52. The second kappa shape index (κ2) is 7.25. The monoisotopic (exact) mass is 308 g/mol. The predicted molar refractivity (Wildman–Crippen MR) is 84.6 cm³/mol. The van der Waals surface area contributed by atoms with Crippen molar-refractivity contribution in [3.8, 4) is 0 Å². The quantitative estimate of drug-likeness (QED) is 0.803. The molecule has 2 rings (SSSR count). The lowest BCUT2D eigenvalue weighted by atomic mass is 10.2. The molecule has 5 nitrogen and oxygen atoms in total. The first-order valence-electron chi connectivity index (χ1n) is 6.24. The summed E-state index contributed by atoms with van der Waals surface area (Å²) in [6, 6.07) is 7.72. The molecule has 0 radical (unpaired) electrons. The summed E-state index contributed by atoms with van der Waals surface area (Å²) in [4.78, 5) is 11.9. The van der Waals surface area contributed by atoms with Crippen molar-refractivity contribution in [2.75, 3.05) is 22.9 Å². The van der Waals surface area contributed by atoms with E-state index in [0.717, 1.165) is 27.3 Å². The Morgan fingerprint density at radius 2 is 2.15 bits per heavy atom. The number of hydrogen-bond donors (Lipinski definition) is 2. The molecule has 7 heteroatoms. The number of thioether (sulfide) groups is 1.